The number of hydrogen-bond donors (Lipinski definition) is 6. The molecule has 0 aromatic heterocycles. The van der Waals surface area contributed by atoms with Crippen molar-refractivity contribution in [1.29, 1.82) is 0 Å². The van der Waals surface area contributed by atoms with Crippen LogP contribution >= 0.6 is 0 Å². The van der Waals surface area contributed by atoms with Gasteiger partial charge in [-0.1, -0.05) is 0 Å². The summed E-state index contributed by atoms with van der Waals surface area (Å²) < 4.78 is 0. The van der Waals surface area contributed by atoms with Crippen molar-refractivity contribution in [2.75, 3.05) is 0 Å². The van der Waals surface area contributed by atoms with E-state index >= 15 is 0 Å². The predicted octanol–water partition coefficient (Wildman–Crippen LogP) is -0.365. The maximum atomic E-state index is 8.36. The van der Waals surface area contributed by atoms with Crippen LogP contribution in [0, 0.1) is 10.1 Å². The van der Waals surface area contributed by atoms with E-state index in [9.17, 15) is 0 Å². The molecule has 0 aliphatic heterocycles. The molecule has 10 nitrogen and oxygen atoms in total. The first kappa shape index (κ1) is 146. The molecular formula is H18N6O4Rh. The second-order valence-electron chi connectivity index (χ2n) is 0.238. The van der Waals surface area contributed by atoms with Gasteiger partial charge >= 0.3 is 0 Å². The normalized spacial score (nSPS) is 2.18. The summed E-state index contributed by atoms with van der Waals surface area (Å²) in [5, 5.41) is 13.6. The van der Waals surface area contributed by atoms with Gasteiger partial charge in [-0.15, -0.1) is 10.1 Å². The second kappa shape index (κ2) is 106. The van der Waals surface area contributed by atoms with Crippen molar-refractivity contribution in [3.05, 3.63) is 10.1 Å². The van der Waals surface area contributed by atoms with Crippen molar-refractivity contribution >= 4 is 0 Å². The van der Waals surface area contributed by atoms with Gasteiger partial charge in [-0.2, -0.15) is 0 Å². The van der Waals surface area contributed by atoms with E-state index in [0.29, 0.717) is 0 Å². The summed E-state index contributed by atoms with van der Waals surface area (Å²) in [7, 11) is 0. The summed E-state index contributed by atoms with van der Waals surface area (Å²) in [5.74, 6) is 0. The molecule has 0 atom stereocenters. The Morgan fingerprint density at radius 2 is 1.00 bits per heavy atom. The predicted molar refractivity (Wildman–Crippen MR) is 37.5 cm³/mol. The van der Waals surface area contributed by atoms with E-state index in [-0.39, 0.29) is 55.7 Å². The van der Waals surface area contributed by atoms with Gasteiger partial charge in [0.2, 0.25) is 0 Å². The summed E-state index contributed by atoms with van der Waals surface area (Å²) in [4.78, 5) is 8.36. The van der Waals surface area contributed by atoms with Crippen LogP contribution in [-0.4, -0.2) is 15.8 Å². The zero-order valence-corrected chi connectivity index (χ0v) is 7.72. The molecule has 0 aromatic carbocycles. The van der Waals surface area contributed by atoms with Gasteiger partial charge in [0.1, 0.15) is 0 Å². The van der Waals surface area contributed by atoms with Gasteiger partial charge in [0.15, 0.2) is 0 Å². The van der Waals surface area contributed by atoms with Gasteiger partial charge in [-0.3, -0.25) is 0 Å². The van der Waals surface area contributed by atoms with Crippen molar-refractivity contribution in [3.63, 3.8) is 0 Å². The van der Waals surface area contributed by atoms with E-state index in [4.69, 9.17) is 15.3 Å². The molecule has 0 saturated carbocycles. The maximum absolute atomic E-state index is 8.36. The molecule has 0 aliphatic carbocycles. The van der Waals surface area contributed by atoms with Crippen LogP contribution in [0.2, 0.25) is 0 Å². The molecule has 0 fully saturated rings. The molecular weight excluding hydrogens is 251 g/mol. The average molecular weight is 269 g/mol. The third kappa shape index (κ3) is 3180. The quantitative estimate of drug-likeness (QED) is 0.191. The SMILES string of the molecule is N.N.N.N.N.O.O=[N+]([O-])O.[Rh]. The van der Waals surface area contributed by atoms with Gasteiger partial charge < -0.3 is 41.4 Å². The van der Waals surface area contributed by atoms with Crippen LogP contribution in [-0.2, 0) is 19.5 Å². The molecule has 18 N–H and O–H groups in total. The topological polar surface area (TPSA) is 270 Å². The first-order chi connectivity index (χ1) is 1.73. The molecule has 11 heteroatoms. The first-order valence-electron chi connectivity index (χ1n) is 0.565. The van der Waals surface area contributed by atoms with Crippen molar-refractivity contribution in [1.82, 2.24) is 30.8 Å². The molecule has 81 valence electrons. The molecule has 0 spiro atoms. The van der Waals surface area contributed by atoms with E-state index in [2.05, 4.69) is 0 Å². The number of hydrogen-bond acceptors (Lipinski definition) is 7. The third-order valence-corrected chi connectivity index (χ3v) is 0. The third-order valence-electron chi connectivity index (χ3n) is 0. The van der Waals surface area contributed by atoms with Crippen LogP contribution in [0.1, 0.15) is 0 Å². The molecule has 11 heavy (non-hydrogen) atoms. The van der Waals surface area contributed by atoms with E-state index in [1.54, 1.807) is 0 Å². The van der Waals surface area contributed by atoms with Gasteiger partial charge in [0.05, 0.1) is 0 Å². The molecule has 0 rings (SSSR count). The van der Waals surface area contributed by atoms with E-state index in [1.165, 1.54) is 0 Å². The molecule has 0 aromatic rings. The van der Waals surface area contributed by atoms with E-state index < -0.39 is 5.09 Å². The summed E-state index contributed by atoms with van der Waals surface area (Å²) in [6.07, 6.45) is 0. The first-order valence-corrected chi connectivity index (χ1v) is 0.565. The van der Waals surface area contributed by atoms with Gasteiger partial charge in [-0.25, -0.2) is 0 Å². The van der Waals surface area contributed by atoms with Crippen molar-refractivity contribution < 1.29 is 35.2 Å². The van der Waals surface area contributed by atoms with Crippen LogP contribution < -0.4 is 30.8 Å². The molecule has 0 amide bonds. The number of nitrogens with zero attached hydrogens (tertiary/aromatic N) is 1. The monoisotopic (exact) mass is 269 g/mol. The smallest absolute Gasteiger partial charge is 0.291 e. The minimum absolute atomic E-state index is 0. The summed E-state index contributed by atoms with van der Waals surface area (Å²) in [5.41, 5.74) is 0. The van der Waals surface area contributed by atoms with Crippen molar-refractivity contribution in [2.24, 2.45) is 0 Å². The zero-order chi connectivity index (χ0) is 3.58. The molecule has 0 unspecified atom stereocenters. The Morgan fingerprint density at radius 3 is 1.00 bits per heavy atom. The fraction of sp³-hybridized carbons (Fsp3) is 0. The van der Waals surface area contributed by atoms with Gasteiger partial charge in [0, 0.05) is 19.5 Å². The Balaban J connectivity index is -0.00000000214. The van der Waals surface area contributed by atoms with E-state index in [1.807, 2.05) is 0 Å². The Kier molecular flexibility index (Phi) is 1400. The largest absolute Gasteiger partial charge is 0.412 e. The Labute approximate surface area is 76.8 Å². The van der Waals surface area contributed by atoms with Crippen molar-refractivity contribution in [2.45, 2.75) is 0 Å². The van der Waals surface area contributed by atoms with E-state index in [0.717, 1.165) is 0 Å². The second-order valence-corrected chi connectivity index (χ2v) is 0.238. The van der Waals surface area contributed by atoms with Crippen LogP contribution in [0.5, 0.6) is 0 Å². The van der Waals surface area contributed by atoms with Gasteiger partial charge in [0.25, 0.3) is 5.09 Å². The van der Waals surface area contributed by atoms with Crippen LogP contribution in [0.4, 0.5) is 0 Å². The van der Waals surface area contributed by atoms with Crippen LogP contribution in [0.25, 0.3) is 0 Å². The Bertz CT molecular complexity index is 37.6. The van der Waals surface area contributed by atoms with Crippen LogP contribution in [0.15, 0.2) is 0 Å². The summed E-state index contributed by atoms with van der Waals surface area (Å²) in [6.45, 7) is 0. The molecule has 0 heterocycles. The fourth-order valence-electron chi connectivity index (χ4n) is 0. The molecule has 0 bridgehead atoms. The Morgan fingerprint density at radius 1 is 1.00 bits per heavy atom. The maximum Gasteiger partial charge on any atom is 0.291 e. The van der Waals surface area contributed by atoms with Crippen molar-refractivity contribution in [3.8, 4) is 0 Å². The number of rotatable bonds is 0. The molecule has 0 saturated heterocycles. The van der Waals surface area contributed by atoms with Gasteiger partial charge in [-0.05, 0) is 0 Å². The minimum atomic E-state index is -1.50. The molecule has 1 radical (unpaired) electrons. The zero-order valence-electron chi connectivity index (χ0n) is 6.08. The summed E-state index contributed by atoms with van der Waals surface area (Å²) >= 11 is 0. The minimum Gasteiger partial charge on any atom is -0.412 e. The standard InChI is InChI=1S/HNO3.5H3N.H2O.Rh/c2-1(3)4;;;;;;;/h(H,2,3,4);5*1H3;1H2;. The Hall–Kier alpha value is -0.417. The average Bonchev–Trinajstić information content (AvgIpc) is 0.811. The van der Waals surface area contributed by atoms with Crippen LogP contribution in [0.3, 0.4) is 0 Å². The fourth-order valence-corrected chi connectivity index (χ4v) is 0. The molecule has 0 aliphatic rings. The summed E-state index contributed by atoms with van der Waals surface area (Å²) in [6, 6.07) is 0.